The van der Waals surface area contributed by atoms with Gasteiger partial charge in [-0.05, 0) is 69.7 Å². The van der Waals surface area contributed by atoms with E-state index < -0.39 is 47.7 Å². The van der Waals surface area contributed by atoms with Gasteiger partial charge in [-0.3, -0.25) is 9.59 Å². The fraction of sp³-hybridized carbons (Fsp3) is 0.531. The van der Waals surface area contributed by atoms with Crippen LogP contribution in [0.25, 0.3) is 11.0 Å². The highest BCUT2D eigenvalue weighted by molar-refractivity contribution is 6.39. The Kier molecular flexibility index (Phi) is 10.3. The molecule has 1 saturated carbocycles. The average Bonchev–Trinajstić information content (AvgIpc) is 3.59. The lowest BCUT2D eigenvalue weighted by molar-refractivity contribution is -0.211. The van der Waals surface area contributed by atoms with E-state index in [1.807, 2.05) is 0 Å². The van der Waals surface area contributed by atoms with Gasteiger partial charge in [0, 0.05) is 32.7 Å². The topological polar surface area (TPSA) is 91.3 Å². The number of alkyl halides is 7. The number of hydrogen-bond donors (Lipinski definition) is 3. The van der Waals surface area contributed by atoms with Crippen LogP contribution in [0.15, 0.2) is 24.3 Å². The van der Waals surface area contributed by atoms with Crippen molar-refractivity contribution in [2.45, 2.75) is 77.1 Å². The van der Waals surface area contributed by atoms with E-state index in [0.717, 1.165) is 13.8 Å². The Hall–Kier alpha value is -3.46. The van der Waals surface area contributed by atoms with Gasteiger partial charge in [-0.25, -0.2) is 9.37 Å². The number of nitrogens with one attached hydrogen (secondary N) is 3. The number of rotatable bonds is 8. The van der Waals surface area contributed by atoms with Crippen LogP contribution >= 0.6 is 23.2 Å². The third kappa shape index (κ3) is 7.67. The Morgan fingerprint density at radius 1 is 1.00 bits per heavy atom. The van der Waals surface area contributed by atoms with Crippen molar-refractivity contribution in [1.82, 2.24) is 20.2 Å². The van der Waals surface area contributed by atoms with Gasteiger partial charge in [-0.1, -0.05) is 29.3 Å². The number of fused-ring (bicyclic) bond motifs is 1. The number of halogens is 9. The molecule has 1 aliphatic carbocycles. The summed E-state index contributed by atoms with van der Waals surface area (Å²) >= 11 is 13.0. The van der Waals surface area contributed by atoms with Crippen molar-refractivity contribution in [3.05, 3.63) is 45.4 Å². The third-order valence-electron chi connectivity index (χ3n) is 9.36. The molecule has 1 atom stereocenters. The molecule has 8 nitrogen and oxygen atoms in total. The lowest BCUT2D eigenvalue weighted by Gasteiger charge is -2.30. The molecule has 2 aromatic carbocycles. The fourth-order valence-corrected chi connectivity index (χ4v) is 6.56. The van der Waals surface area contributed by atoms with Gasteiger partial charge in [-0.15, -0.1) is 0 Å². The number of amides is 2. The average molecular weight is 740 g/mol. The summed E-state index contributed by atoms with van der Waals surface area (Å²) in [6, 6.07) is 5.70. The zero-order chi connectivity index (χ0) is 36.1. The zero-order valence-corrected chi connectivity index (χ0v) is 28.3. The molecule has 1 aliphatic heterocycles. The summed E-state index contributed by atoms with van der Waals surface area (Å²) in [7, 11) is 1.67. The molecule has 1 aromatic heterocycles. The number of nitrogens with zero attached hydrogens (tertiary/aromatic N) is 3. The van der Waals surface area contributed by atoms with E-state index in [4.69, 9.17) is 23.2 Å². The second kappa shape index (κ2) is 13.7. The van der Waals surface area contributed by atoms with Crippen LogP contribution in [0.4, 0.5) is 48.1 Å². The smallest absolute Gasteiger partial charge is 0.368 e. The SMILES string of the molecule is Cn1c(Nc2c(Cl)ccc(CNC(=O)C(C)(C)C(F)(F)F)c2Cl)nc2cc(C(=O)NC3CCC(C(F)(F)F)CC3)c(N3CCC(F)C3)cc21. The van der Waals surface area contributed by atoms with Crippen molar-refractivity contribution in [3.8, 4) is 0 Å². The highest BCUT2D eigenvalue weighted by atomic mass is 35.5. The van der Waals surface area contributed by atoms with Gasteiger partial charge in [0.1, 0.15) is 11.6 Å². The van der Waals surface area contributed by atoms with E-state index in [0.29, 0.717) is 23.3 Å². The molecule has 0 bridgehead atoms. The predicted octanol–water partition coefficient (Wildman–Crippen LogP) is 8.23. The summed E-state index contributed by atoms with van der Waals surface area (Å²) in [5, 5.41) is 8.34. The van der Waals surface area contributed by atoms with E-state index in [1.165, 1.54) is 18.2 Å². The Balaban J connectivity index is 1.41. The molecule has 1 saturated heterocycles. The van der Waals surface area contributed by atoms with Crippen LogP contribution in [0.3, 0.4) is 0 Å². The molecule has 1 unspecified atom stereocenters. The summed E-state index contributed by atoms with van der Waals surface area (Å²) in [4.78, 5) is 32.3. The van der Waals surface area contributed by atoms with E-state index in [1.54, 1.807) is 22.6 Å². The number of aryl methyl sites for hydroxylation is 1. The minimum absolute atomic E-state index is 0.0247. The predicted molar refractivity (Wildman–Crippen MR) is 173 cm³/mol. The summed E-state index contributed by atoms with van der Waals surface area (Å²) < 4.78 is 95.4. The summed E-state index contributed by atoms with van der Waals surface area (Å²) in [6.45, 7) is 1.62. The van der Waals surface area contributed by atoms with Gasteiger partial charge in [0.15, 0.2) is 0 Å². The maximum atomic E-state index is 14.3. The fourth-order valence-electron chi connectivity index (χ4n) is 6.03. The Bertz CT molecular complexity index is 1740. The zero-order valence-electron chi connectivity index (χ0n) is 26.8. The maximum absolute atomic E-state index is 14.3. The molecule has 2 aliphatic rings. The van der Waals surface area contributed by atoms with Crippen LogP contribution in [0.2, 0.25) is 10.0 Å². The highest BCUT2D eigenvalue weighted by Crippen LogP contribution is 2.40. The van der Waals surface area contributed by atoms with E-state index in [9.17, 15) is 40.3 Å². The van der Waals surface area contributed by atoms with Crippen molar-refractivity contribution < 1.29 is 40.3 Å². The van der Waals surface area contributed by atoms with Crippen LogP contribution < -0.4 is 20.9 Å². The minimum atomic E-state index is -4.77. The second-order valence-electron chi connectivity index (χ2n) is 13.1. The number of aromatic nitrogens is 2. The largest absolute Gasteiger partial charge is 0.402 e. The number of imidazole rings is 1. The Morgan fingerprint density at radius 3 is 2.27 bits per heavy atom. The second-order valence-corrected chi connectivity index (χ2v) is 13.9. The van der Waals surface area contributed by atoms with Gasteiger partial charge in [-0.2, -0.15) is 26.3 Å². The first-order valence-corrected chi connectivity index (χ1v) is 16.4. The van der Waals surface area contributed by atoms with Crippen molar-refractivity contribution in [3.63, 3.8) is 0 Å². The monoisotopic (exact) mass is 738 g/mol. The van der Waals surface area contributed by atoms with Crippen LogP contribution in [-0.4, -0.2) is 59.0 Å². The lowest BCUT2D eigenvalue weighted by Crippen LogP contribution is -2.46. The van der Waals surface area contributed by atoms with Crippen molar-refractivity contribution in [2.24, 2.45) is 18.4 Å². The van der Waals surface area contributed by atoms with Gasteiger partial charge in [0.2, 0.25) is 11.9 Å². The minimum Gasteiger partial charge on any atom is -0.368 e. The van der Waals surface area contributed by atoms with Crippen molar-refractivity contribution >= 4 is 63.4 Å². The highest BCUT2D eigenvalue weighted by Gasteiger charge is 2.52. The van der Waals surface area contributed by atoms with Gasteiger partial charge in [0.25, 0.3) is 5.91 Å². The van der Waals surface area contributed by atoms with E-state index in [2.05, 4.69) is 20.9 Å². The van der Waals surface area contributed by atoms with E-state index >= 15 is 0 Å². The quantitative estimate of drug-likeness (QED) is 0.203. The molecule has 5 rings (SSSR count). The summed E-state index contributed by atoms with van der Waals surface area (Å²) in [6.07, 6.45) is -9.72. The van der Waals surface area contributed by atoms with Crippen LogP contribution in [-0.2, 0) is 18.4 Å². The number of carbonyl (C=O) groups is 2. The summed E-state index contributed by atoms with van der Waals surface area (Å²) in [5.74, 6) is -2.93. The number of anilines is 3. The number of benzene rings is 2. The van der Waals surface area contributed by atoms with Crippen molar-refractivity contribution in [2.75, 3.05) is 23.3 Å². The van der Waals surface area contributed by atoms with Crippen LogP contribution in [0, 0.1) is 11.3 Å². The third-order valence-corrected chi connectivity index (χ3v) is 10.1. The molecule has 0 radical (unpaired) electrons. The molecule has 2 amide bonds. The molecule has 0 spiro atoms. The molecule has 3 aromatic rings. The van der Waals surface area contributed by atoms with Crippen molar-refractivity contribution in [1.29, 1.82) is 0 Å². The van der Waals surface area contributed by atoms with Crippen LogP contribution in [0.1, 0.15) is 61.9 Å². The first kappa shape index (κ1) is 36.8. The maximum Gasteiger partial charge on any atom is 0.402 e. The Labute approximate surface area is 287 Å². The molecule has 2 heterocycles. The number of hydrogen-bond acceptors (Lipinski definition) is 5. The molecule has 17 heteroatoms. The first-order chi connectivity index (χ1) is 22.8. The molecular weight excluding hydrogens is 704 g/mol. The normalized spacial score (nSPS) is 20.5. The molecule has 2 fully saturated rings. The molecular formula is C32H35Cl2F7N6O2. The Morgan fingerprint density at radius 2 is 1.67 bits per heavy atom. The first-order valence-electron chi connectivity index (χ1n) is 15.6. The number of carbonyl (C=O) groups excluding carboxylic acids is 2. The molecule has 268 valence electrons. The van der Waals surface area contributed by atoms with Gasteiger partial charge in [0.05, 0.1) is 43.9 Å². The van der Waals surface area contributed by atoms with Gasteiger partial charge >= 0.3 is 12.4 Å². The lowest BCUT2D eigenvalue weighted by atomic mass is 9.85. The molecule has 3 N–H and O–H groups in total. The van der Waals surface area contributed by atoms with Crippen LogP contribution in [0.5, 0.6) is 0 Å². The van der Waals surface area contributed by atoms with Gasteiger partial charge < -0.3 is 25.4 Å². The van der Waals surface area contributed by atoms with E-state index in [-0.39, 0.29) is 78.0 Å². The standard InChI is InChI=1S/C32H35Cl2F7N6O2/c1-30(2,32(39,40)41)28(49)42-14-16-4-9-21(33)26(25(16)34)45-29-44-22-12-20(23(13-24(22)46(29)3)47-11-10-18(35)15-47)27(48)43-19-7-5-17(6-8-19)31(36,37)38/h4,9,12-13,17-19H,5-8,10-11,14-15H2,1-3H3,(H,42,49)(H,43,48)(H,44,45). The molecule has 49 heavy (non-hydrogen) atoms. The summed E-state index contributed by atoms with van der Waals surface area (Å²) in [5.41, 5.74) is -0.650.